The molecule has 2 aromatic carbocycles. The lowest BCUT2D eigenvalue weighted by molar-refractivity contribution is -0.385. The Kier molecular flexibility index (Phi) is 8.81. The second-order valence-corrected chi connectivity index (χ2v) is 13.2. The summed E-state index contributed by atoms with van der Waals surface area (Å²) >= 11 is 6.48. The molecular formula is C33H35ClN6O6. The number of anilines is 2. The van der Waals surface area contributed by atoms with Crippen molar-refractivity contribution >= 4 is 45.8 Å². The number of aromatic nitrogens is 3. The Morgan fingerprint density at radius 1 is 1.04 bits per heavy atom. The van der Waals surface area contributed by atoms with Gasteiger partial charge in [0.05, 0.1) is 33.1 Å². The number of ether oxygens (including phenoxy) is 3. The zero-order valence-electron chi connectivity index (χ0n) is 25.8. The van der Waals surface area contributed by atoms with Crippen LogP contribution in [0.2, 0.25) is 5.02 Å². The van der Waals surface area contributed by atoms with Crippen molar-refractivity contribution in [3.05, 3.63) is 81.9 Å². The Balaban J connectivity index is 1.11. The van der Waals surface area contributed by atoms with Gasteiger partial charge in [-0.15, -0.1) is 0 Å². The summed E-state index contributed by atoms with van der Waals surface area (Å²) in [5, 5.41) is 16.2. The van der Waals surface area contributed by atoms with Crippen molar-refractivity contribution in [2.24, 2.45) is 17.8 Å². The van der Waals surface area contributed by atoms with Gasteiger partial charge < -0.3 is 24.4 Å². The molecule has 13 heteroatoms. The zero-order chi connectivity index (χ0) is 32.4. The first-order valence-corrected chi connectivity index (χ1v) is 15.5. The first-order valence-electron chi connectivity index (χ1n) is 15.2. The molecular weight excluding hydrogens is 612 g/mol. The summed E-state index contributed by atoms with van der Waals surface area (Å²) < 4.78 is 17.4. The molecule has 4 aromatic rings. The molecule has 1 aliphatic heterocycles. The van der Waals surface area contributed by atoms with Crippen molar-refractivity contribution in [2.45, 2.75) is 45.8 Å². The number of carbonyl (C=O) groups is 1. The SMILES string of the molecule is CC(C)(C)OC(=O)N1C[C@H]2CC(COc3cc4ncnc(Nc5ccc(OCc6ccccn6)c(Cl)c5)c4cc3[N+](=O)[O-])C[C@@H]2C1. The fourth-order valence-electron chi connectivity index (χ4n) is 6.14. The summed E-state index contributed by atoms with van der Waals surface area (Å²) in [5.74, 6) is 2.00. The van der Waals surface area contributed by atoms with Gasteiger partial charge in [-0.2, -0.15) is 0 Å². The molecule has 240 valence electrons. The van der Waals surface area contributed by atoms with Gasteiger partial charge >= 0.3 is 11.8 Å². The third-order valence-electron chi connectivity index (χ3n) is 8.18. The van der Waals surface area contributed by atoms with E-state index in [2.05, 4.69) is 20.3 Å². The molecule has 0 spiro atoms. The van der Waals surface area contributed by atoms with Gasteiger partial charge in [-0.05, 0) is 81.7 Å². The van der Waals surface area contributed by atoms with Gasteiger partial charge in [0.2, 0.25) is 0 Å². The number of fused-ring (bicyclic) bond motifs is 2. The summed E-state index contributed by atoms with van der Waals surface area (Å²) in [6, 6.07) is 13.8. The van der Waals surface area contributed by atoms with Gasteiger partial charge in [0.25, 0.3) is 0 Å². The van der Waals surface area contributed by atoms with Crippen LogP contribution in [0.1, 0.15) is 39.3 Å². The standard InChI is InChI=1S/C33H35ClN6O6/c1-33(2,3)46-32(41)39-15-21-10-20(11-22(21)16-39)17-44-30-14-27-25(13-28(30)40(42)43)31(37-19-36-27)38-23-7-8-29(26(34)12-23)45-18-24-6-4-5-9-35-24/h4-9,12-14,19-22H,10-11,15-18H2,1-3H3,(H,36,37,38)/t21-,22-/m1/s1. The van der Waals surface area contributed by atoms with Gasteiger partial charge in [-0.25, -0.2) is 14.8 Å². The molecule has 2 fully saturated rings. The molecule has 6 rings (SSSR count). The highest BCUT2D eigenvalue weighted by molar-refractivity contribution is 6.32. The lowest BCUT2D eigenvalue weighted by atomic mass is 10.0. The predicted octanol–water partition coefficient (Wildman–Crippen LogP) is 7.18. The van der Waals surface area contributed by atoms with E-state index in [0.29, 0.717) is 64.7 Å². The van der Waals surface area contributed by atoms with Crippen molar-refractivity contribution in [2.75, 3.05) is 25.0 Å². The van der Waals surface area contributed by atoms with Crippen LogP contribution in [0.15, 0.2) is 61.1 Å². The van der Waals surface area contributed by atoms with Crippen LogP contribution in [-0.2, 0) is 11.3 Å². The number of rotatable bonds is 9. The van der Waals surface area contributed by atoms with Crippen LogP contribution in [0.5, 0.6) is 11.5 Å². The van der Waals surface area contributed by atoms with Gasteiger partial charge in [-0.1, -0.05) is 17.7 Å². The average molecular weight is 647 g/mol. The summed E-state index contributed by atoms with van der Waals surface area (Å²) in [6.07, 6.45) is 4.58. The van der Waals surface area contributed by atoms with E-state index >= 15 is 0 Å². The number of nitrogens with zero attached hydrogens (tertiary/aromatic N) is 5. The second kappa shape index (κ2) is 13.0. The van der Waals surface area contributed by atoms with E-state index in [1.165, 1.54) is 12.4 Å². The van der Waals surface area contributed by atoms with Crippen LogP contribution < -0.4 is 14.8 Å². The topological polar surface area (TPSA) is 142 Å². The normalized spacial score (nSPS) is 18.0. The van der Waals surface area contributed by atoms with Crippen molar-refractivity contribution < 1.29 is 23.9 Å². The van der Waals surface area contributed by atoms with Gasteiger partial charge in [0, 0.05) is 37.1 Å². The summed E-state index contributed by atoms with van der Waals surface area (Å²) in [4.78, 5) is 38.9. The predicted molar refractivity (Wildman–Crippen MR) is 173 cm³/mol. The first kappa shape index (κ1) is 31.3. The molecule has 0 unspecified atom stereocenters. The fourth-order valence-corrected chi connectivity index (χ4v) is 6.38. The third kappa shape index (κ3) is 7.23. The van der Waals surface area contributed by atoms with Crippen molar-refractivity contribution in [1.82, 2.24) is 19.9 Å². The molecule has 2 aliphatic rings. The third-order valence-corrected chi connectivity index (χ3v) is 8.48. The summed E-state index contributed by atoms with van der Waals surface area (Å²) in [7, 11) is 0. The largest absolute Gasteiger partial charge is 0.486 e. The number of halogens is 1. The van der Waals surface area contributed by atoms with Gasteiger partial charge in [0.15, 0.2) is 5.75 Å². The molecule has 3 heterocycles. The summed E-state index contributed by atoms with van der Waals surface area (Å²) in [6.45, 7) is 7.52. The van der Waals surface area contributed by atoms with Crippen LogP contribution in [0.4, 0.5) is 22.0 Å². The maximum absolute atomic E-state index is 12.5. The Labute approximate surface area is 271 Å². The number of benzene rings is 2. The zero-order valence-corrected chi connectivity index (χ0v) is 26.6. The molecule has 2 aromatic heterocycles. The number of pyridine rings is 1. The number of amides is 1. The van der Waals surface area contributed by atoms with Gasteiger partial charge in [0.1, 0.15) is 30.1 Å². The Morgan fingerprint density at radius 3 is 2.50 bits per heavy atom. The van der Waals surface area contributed by atoms with Crippen molar-refractivity contribution in [3.63, 3.8) is 0 Å². The molecule has 1 amide bonds. The number of nitro benzene ring substituents is 1. The van der Waals surface area contributed by atoms with Crippen LogP contribution in [0.3, 0.4) is 0 Å². The van der Waals surface area contributed by atoms with Crippen molar-refractivity contribution in [1.29, 1.82) is 0 Å². The number of nitrogens with one attached hydrogen (secondary N) is 1. The minimum absolute atomic E-state index is 0.159. The number of likely N-dealkylation sites (tertiary alicyclic amines) is 1. The minimum atomic E-state index is -0.531. The Morgan fingerprint density at radius 2 is 1.83 bits per heavy atom. The lowest BCUT2D eigenvalue weighted by Crippen LogP contribution is -2.36. The van der Waals surface area contributed by atoms with E-state index in [0.717, 1.165) is 18.5 Å². The maximum atomic E-state index is 12.5. The molecule has 1 saturated carbocycles. The second-order valence-electron chi connectivity index (χ2n) is 12.8. The Hall–Kier alpha value is -4.71. The van der Waals surface area contributed by atoms with E-state index in [1.807, 2.05) is 39.0 Å². The van der Waals surface area contributed by atoms with E-state index < -0.39 is 10.5 Å². The quantitative estimate of drug-likeness (QED) is 0.147. The molecule has 2 atom stereocenters. The number of nitro groups is 1. The maximum Gasteiger partial charge on any atom is 0.410 e. The molecule has 1 aliphatic carbocycles. The number of hydrogen-bond acceptors (Lipinski definition) is 10. The van der Waals surface area contributed by atoms with Crippen molar-refractivity contribution in [3.8, 4) is 11.5 Å². The van der Waals surface area contributed by atoms with E-state index in [9.17, 15) is 14.9 Å². The number of hydrogen-bond donors (Lipinski definition) is 1. The molecule has 0 radical (unpaired) electrons. The summed E-state index contributed by atoms with van der Waals surface area (Å²) in [5.41, 5.74) is 1.19. The number of carbonyl (C=O) groups excluding carboxylic acids is 1. The van der Waals surface area contributed by atoms with E-state index in [4.69, 9.17) is 25.8 Å². The molecule has 12 nitrogen and oxygen atoms in total. The van der Waals surface area contributed by atoms with Crippen LogP contribution in [0, 0.1) is 27.9 Å². The minimum Gasteiger partial charge on any atom is -0.486 e. The lowest BCUT2D eigenvalue weighted by Gasteiger charge is -2.25. The molecule has 46 heavy (non-hydrogen) atoms. The van der Waals surface area contributed by atoms with E-state index in [1.54, 1.807) is 35.4 Å². The molecule has 0 bridgehead atoms. The smallest absolute Gasteiger partial charge is 0.410 e. The monoisotopic (exact) mass is 646 g/mol. The molecule has 1 saturated heterocycles. The Bertz CT molecular complexity index is 1740. The van der Waals surface area contributed by atoms with Crippen LogP contribution in [-0.4, -0.2) is 56.2 Å². The highest BCUT2D eigenvalue weighted by atomic mass is 35.5. The van der Waals surface area contributed by atoms with Crippen LogP contribution in [0.25, 0.3) is 10.9 Å². The van der Waals surface area contributed by atoms with Crippen LogP contribution >= 0.6 is 11.6 Å². The average Bonchev–Trinajstić information content (AvgIpc) is 3.58. The first-order chi connectivity index (χ1) is 22.0. The van der Waals surface area contributed by atoms with Gasteiger partial charge in [-0.3, -0.25) is 15.1 Å². The van der Waals surface area contributed by atoms with E-state index in [-0.39, 0.29) is 30.1 Å². The fraction of sp³-hybridized carbons (Fsp3) is 0.394. The molecule has 1 N–H and O–H groups in total. The highest BCUT2D eigenvalue weighted by Gasteiger charge is 2.43. The highest BCUT2D eigenvalue weighted by Crippen LogP contribution is 2.43.